The summed E-state index contributed by atoms with van der Waals surface area (Å²) < 4.78 is 5.25. The number of para-hydroxylation sites is 1. The van der Waals surface area contributed by atoms with Crippen LogP contribution in [0.25, 0.3) is 0 Å². The molecule has 1 aliphatic heterocycles. The number of terminal acetylenes is 1. The fourth-order valence-corrected chi connectivity index (χ4v) is 2.59. The van der Waals surface area contributed by atoms with Crippen LogP contribution in [-0.2, 0) is 11.3 Å². The van der Waals surface area contributed by atoms with Gasteiger partial charge < -0.3 is 10.1 Å². The number of hydrogen-bond acceptors (Lipinski definition) is 5. The Kier molecular flexibility index (Phi) is 5.94. The Balaban J connectivity index is 2.02. The van der Waals surface area contributed by atoms with E-state index in [0.29, 0.717) is 5.56 Å². The molecule has 122 valence electrons. The molecular weight excluding hydrogens is 298 g/mol. The van der Waals surface area contributed by atoms with Gasteiger partial charge in [-0.15, -0.1) is 6.42 Å². The standard InChI is InChI=1S/C16H19N3O4/c1-2-11-18(14-7-9-17-10-8-14)16(20)23-12-13-5-3-4-6-15(13)19(21)22/h1,3-6,14,17H,7-12H2. The average molecular weight is 317 g/mol. The zero-order valence-electron chi connectivity index (χ0n) is 12.7. The third-order valence-electron chi connectivity index (χ3n) is 3.79. The summed E-state index contributed by atoms with van der Waals surface area (Å²) in [4.78, 5) is 24.3. The van der Waals surface area contributed by atoms with Crippen molar-refractivity contribution in [3.63, 3.8) is 0 Å². The molecule has 1 aromatic rings. The summed E-state index contributed by atoms with van der Waals surface area (Å²) in [5.74, 6) is 2.47. The van der Waals surface area contributed by atoms with Gasteiger partial charge >= 0.3 is 6.09 Å². The van der Waals surface area contributed by atoms with Crippen molar-refractivity contribution >= 4 is 11.8 Å². The molecule has 1 N–H and O–H groups in total. The van der Waals surface area contributed by atoms with Crippen LogP contribution >= 0.6 is 0 Å². The normalized spacial score (nSPS) is 14.7. The number of rotatable bonds is 5. The van der Waals surface area contributed by atoms with Crippen LogP contribution in [0.15, 0.2) is 24.3 Å². The predicted octanol–water partition coefficient (Wildman–Crippen LogP) is 1.92. The van der Waals surface area contributed by atoms with Crippen LogP contribution in [0.4, 0.5) is 10.5 Å². The molecule has 1 amide bonds. The highest BCUT2D eigenvalue weighted by molar-refractivity contribution is 5.68. The van der Waals surface area contributed by atoms with E-state index in [2.05, 4.69) is 11.2 Å². The lowest BCUT2D eigenvalue weighted by Crippen LogP contribution is -2.46. The number of piperidine rings is 1. The SMILES string of the molecule is C#CCN(C(=O)OCc1ccccc1[N+](=O)[O-])C1CCNCC1. The molecule has 1 fully saturated rings. The minimum atomic E-state index is -0.534. The quantitative estimate of drug-likeness (QED) is 0.509. The average Bonchev–Trinajstić information content (AvgIpc) is 2.58. The third kappa shape index (κ3) is 4.44. The van der Waals surface area contributed by atoms with Crippen LogP contribution in [0.2, 0.25) is 0 Å². The predicted molar refractivity (Wildman–Crippen MR) is 84.7 cm³/mol. The number of carbonyl (C=O) groups is 1. The van der Waals surface area contributed by atoms with Gasteiger partial charge in [0.25, 0.3) is 5.69 Å². The molecule has 1 aliphatic rings. The number of benzene rings is 1. The number of carbonyl (C=O) groups excluding carboxylic acids is 1. The Morgan fingerprint density at radius 3 is 2.78 bits per heavy atom. The van der Waals surface area contributed by atoms with Crippen molar-refractivity contribution < 1.29 is 14.5 Å². The van der Waals surface area contributed by atoms with E-state index in [4.69, 9.17) is 11.2 Å². The molecule has 23 heavy (non-hydrogen) atoms. The Bertz CT molecular complexity index is 606. The second kappa shape index (κ2) is 8.15. The molecule has 0 unspecified atom stereocenters. The Labute approximate surface area is 134 Å². The lowest BCUT2D eigenvalue weighted by atomic mass is 10.1. The third-order valence-corrected chi connectivity index (χ3v) is 3.79. The smallest absolute Gasteiger partial charge is 0.411 e. The number of nitrogens with one attached hydrogen (secondary N) is 1. The van der Waals surface area contributed by atoms with Gasteiger partial charge in [-0.25, -0.2) is 4.79 Å². The van der Waals surface area contributed by atoms with E-state index in [1.165, 1.54) is 11.0 Å². The zero-order valence-corrected chi connectivity index (χ0v) is 12.7. The number of nitro benzene ring substituents is 1. The summed E-state index contributed by atoms with van der Waals surface area (Å²) in [6.45, 7) is 1.66. The molecule has 1 saturated heterocycles. The molecule has 0 spiro atoms. The van der Waals surface area contributed by atoms with Crippen LogP contribution in [0.5, 0.6) is 0 Å². The van der Waals surface area contributed by atoms with Gasteiger partial charge in [0.2, 0.25) is 0 Å². The molecule has 0 aliphatic carbocycles. The van der Waals surface area contributed by atoms with Crippen molar-refractivity contribution in [1.29, 1.82) is 0 Å². The number of ether oxygens (including phenoxy) is 1. The fraction of sp³-hybridized carbons (Fsp3) is 0.438. The Hall–Kier alpha value is -2.59. The van der Waals surface area contributed by atoms with Crippen molar-refractivity contribution in [2.75, 3.05) is 19.6 Å². The first-order valence-electron chi connectivity index (χ1n) is 7.43. The summed E-state index contributed by atoms with van der Waals surface area (Å²) in [6, 6.07) is 6.23. The molecule has 0 atom stereocenters. The van der Waals surface area contributed by atoms with Gasteiger partial charge in [-0.05, 0) is 32.0 Å². The van der Waals surface area contributed by atoms with E-state index in [1.807, 2.05) is 0 Å². The summed E-state index contributed by atoms with van der Waals surface area (Å²) in [7, 11) is 0. The number of hydrogen-bond donors (Lipinski definition) is 1. The summed E-state index contributed by atoms with van der Waals surface area (Å²) in [5, 5.41) is 14.2. The fourth-order valence-electron chi connectivity index (χ4n) is 2.59. The van der Waals surface area contributed by atoms with Crippen LogP contribution in [-0.4, -0.2) is 41.6 Å². The second-order valence-electron chi connectivity index (χ2n) is 5.25. The zero-order chi connectivity index (χ0) is 16.7. The van der Waals surface area contributed by atoms with Gasteiger partial charge in [-0.2, -0.15) is 0 Å². The van der Waals surface area contributed by atoms with E-state index < -0.39 is 11.0 Å². The Morgan fingerprint density at radius 2 is 2.13 bits per heavy atom. The monoisotopic (exact) mass is 317 g/mol. The van der Waals surface area contributed by atoms with Gasteiger partial charge in [0.05, 0.1) is 17.0 Å². The highest BCUT2D eigenvalue weighted by atomic mass is 16.6. The molecule has 0 aromatic heterocycles. The first-order valence-corrected chi connectivity index (χ1v) is 7.43. The summed E-state index contributed by atoms with van der Waals surface area (Å²) in [6.07, 6.45) is 6.42. The van der Waals surface area contributed by atoms with E-state index in [1.54, 1.807) is 18.2 Å². The van der Waals surface area contributed by atoms with E-state index >= 15 is 0 Å². The second-order valence-corrected chi connectivity index (χ2v) is 5.25. The van der Waals surface area contributed by atoms with Crippen LogP contribution in [0.1, 0.15) is 18.4 Å². The molecule has 0 radical (unpaired) electrons. The molecule has 1 aromatic carbocycles. The van der Waals surface area contributed by atoms with Gasteiger partial charge in [0.15, 0.2) is 0 Å². The highest BCUT2D eigenvalue weighted by Gasteiger charge is 2.26. The molecule has 7 nitrogen and oxygen atoms in total. The van der Waals surface area contributed by atoms with Crippen LogP contribution in [0, 0.1) is 22.5 Å². The van der Waals surface area contributed by atoms with E-state index in [0.717, 1.165) is 25.9 Å². The number of amides is 1. The molecule has 1 heterocycles. The lowest BCUT2D eigenvalue weighted by Gasteiger charge is -2.32. The molecule has 0 bridgehead atoms. The van der Waals surface area contributed by atoms with Crippen LogP contribution in [0.3, 0.4) is 0 Å². The maximum absolute atomic E-state index is 12.3. The largest absolute Gasteiger partial charge is 0.444 e. The summed E-state index contributed by atoms with van der Waals surface area (Å²) in [5.41, 5.74) is 0.294. The maximum Gasteiger partial charge on any atom is 0.411 e. The van der Waals surface area contributed by atoms with Gasteiger partial charge in [0.1, 0.15) is 6.61 Å². The summed E-state index contributed by atoms with van der Waals surface area (Å²) >= 11 is 0. The van der Waals surface area contributed by atoms with Crippen molar-refractivity contribution in [1.82, 2.24) is 10.2 Å². The minimum Gasteiger partial charge on any atom is -0.444 e. The van der Waals surface area contributed by atoms with Gasteiger partial charge in [0, 0.05) is 12.1 Å². The van der Waals surface area contributed by atoms with Crippen LogP contribution < -0.4 is 5.32 Å². The van der Waals surface area contributed by atoms with Crippen molar-refractivity contribution in [3.05, 3.63) is 39.9 Å². The molecular formula is C16H19N3O4. The van der Waals surface area contributed by atoms with E-state index in [-0.39, 0.29) is 24.9 Å². The number of nitrogens with zero attached hydrogens (tertiary/aromatic N) is 2. The molecule has 0 saturated carbocycles. The molecule has 7 heteroatoms. The lowest BCUT2D eigenvalue weighted by molar-refractivity contribution is -0.385. The van der Waals surface area contributed by atoms with Gasteiger partial charge in [-0.3, -0.25) is 15.0 Å². The maximum atomic E-state index is 12.3. The minimum absolute atomic E-state index is 0.0329. The van der Waals surface area contributed by atoms with Crippen molar-refractivity contribution in [2.24, 2.45) is 0 Å². The van der Waals surface area contributed by atoms with Crippen molar-refractivity contribution in [3.8, 4) is 12.3 Å². The first-order chi connectivity index (χ1) is 11.1. The van der Waals surface area contributed by atoms with Crippen molar-refractivity contribution in [2.45, 2.75) is 25.5 Å². The van der Waals surface area contributed by atoms with Gasteiger partial charge in [-0.1, -0.05) is 18.1 Å². The Morgan fingerprint density at radius 1 is 1.43 bits per heavy atom. The highest BCUT2D eigenvalue weighted by Crippen LogP contribution is 2.19. The first kappa shape index (κ1) is 16.8. The topological polar surface area (TPSA) is 84.7 Å². The molecule has 2 rings (SSSR count). The number of nitro groups is 1. The van der Waals surface area contributed by atoms with E-state index in [9.17, 15) is 14.9 Å².